The third-order valence-corrected chi connectivity index (χ3v) is 5.01. The maximum atomic E-state index is 14.2. The molecule has 0 amide bonds. The van der Waals surface area contributed by atoms with Crippen LogP contribution in [0.3, 0.4) is 0 Å². The standard InChI is InChI=1S/C17H17FN4O2S/c1-4-9-25-15-12-14(21(2)17(24)22(3)16(12)23)19-13(20-15)10-7-5-6-8-11(10)18/h5-8H,4,9H2,1-3H3. The van der Waals surface area contributed by atoms with Crippen molar-refractivity contribution < 1.29 is 4.39 Å². The zero-order valence-electron chi connectivity index (χ0n) is 14.1. The zero-order valence-corrected chi connectivity index (χ0v) is 14.9. The van der Waals surface area contributed by atoms with Gasteiger partial charge in [0.1, 0.15) is 16.2 Å². The van der Waals surface area contributed by atoms with Crippen LogP contribution in [0, 0.1) is 5.82 Å². The van der Waals surface area contributed by atoms with Gasteiger partial charge in [0.2, 0.25) is 0 Å². The first-order valence-corrected chi connectivity index (χ1v) is 8.79. The molecule has 0 bridgehead atoms. The van der Waals surface area contributed by atoms with Crippen molar-refractivity contribution in [2.45, 2.75) is 18.4 Å². The van der Waals surface area contributed by atoms with Crippen molar-refractivity contribution in [3.05, 3.63) is 50.9 Å². The Balaban J connectivity index is 2.42. The Morgan fingerprint density at radius 1 is 1.12 bits per heavy atom. The van der Waals surface area contributed by atoms with E-state index in [9.17, 15) is 14.0 Å². The van der Waals surface area contributed by atoms with Crippen molar-refractivity contribution in [1.29, 1.82) is 0 Å². The Morgan fingerprint density at radius 3 is 2.52 bits per heavy atom. The molecule has 6 nitrogen and oxygen atoms in total. The molecule has 0 radical (unpaired) electrons. The van der Waals surface area contributed by atoms with Gasteiger partial charge in [-0.25, -0.2) is 19.2 Å². The van der Waals surface area contributed by atoms with Gasteiger partial charge in [-0.3, -0.25) is 13.9 Å². The summed E-state index contributed by atoms with van der Waals surface area (Å²) < 4.78 is 16.5. The predicted molar refractivity (Wildman–Crippen MR) is 96.4 cm³/mol. The second-order valence-electron chi connectivity index (χ2n) is 5.59. The average molecular weight is 360 g/mol. The first kappa shape index (κ1) is 17.3. The van der Waals surface area contributed by atoms with Crippen LogP contribution in [0.5, 0.6) is 0 Å². The molecule has 0 aliphatic heterocycles. The molecule has 2 heterocycles. The third-order valence-electron chi connectivity index (χ3n) is 3.82. The molecule has 3 aromatic rings. The lowest BCUT2D eigenvalue weighted by molar-refractivity contribution is 0.629. The first-order chi connectivity index (χ1) is 12.0. The van der Waals surface area contributed by atoms with Crippen LogP contribution in [0.4, 0.5) is 4.39 Å². The molecule has 8 heteroatoms. The zero-order chi connectivity index (χ0) is 18.1. The monoisotopic (exact) mass is 360 g/mol. The lowest BCUT2D eigenvalue weighted by Crippen LogP contribution is -2.37. The highest BCUT2D eigenvalue weighted by molar-refractivity contribution is 7.99. The molecule has 0 fully saturated rings. The van der Waals surface area contributed by atoms with Crippen LogP contribution in [0.15, 0.2) is 38.9 Å². The molecule has 0 saturated carbocycles. The number of rotatable bonds is 4. The fraction of sp³-hybridized carbons (Fsp3) is 0.294. The minimum atomic E-state index is -0.484. The van der Waals surface area contributed by atoms with Crippen molar-refractivity contribution >= 4 is 22.8 Å². The number of benzene rings is 1. The predicted octanol–water partition coefficient (Wildman–Crippen LogP) is 2.34. The number of aromatic nitrogens is 4. The summed E-state index contributed by atoms with van der Waals surface area (Å²) in [6.07, 6.45) is 0.886. The molecule has 0 aliphatic carbocycles. The summed E-state index contributed by atoms with van der Waals surface area (Å²) in [5.41, 5.74) is -0.491. The maximum Gasteiger partial charge on any atom is 0.332 e. The van der Waals surface area contributed by atoms with E-state index in [2.05, 4.69) is 9.97 Å². The molecule has 1 aromatic carbocycles. The molecule has 0 unspecified atom stereocenters. The molecule has 0 atom stereocenters. The van der Waals surface area contributed by atoms with E-state index in [0.717, 1.165) is 16.7 Å². The molecule has 0 spiro atoms. The van der Waals surface area contributed by atoms with E-state index in [1.807, 2.05) is 6.92 Å². The van der Waals surface area contributed by atoms with Gasteiger partial charge in [-0.1, -0.05) is 19.1 Å². The van der Waals surface area contributed by atoms with E-state index in [0.29, 0.717) is 5.03 Å². The van der Waals surface area contributed by atoms with Gasteiger partial charge in [0, 0.05) is 14.1 Å². The van der Waals surface area contributed by atoms with Crippen LogP contribution in [0.25, 0.3) is 22.4 Å². The van der Waals surface area contributed by atoms with Crippen LogP contribution < -0.4 is 11.2 Å². The summed E-state index contributed by atoms with van der Waals surface area (Å²) in [6.45, 7) is 2.02. The van der Waals surface area contributed by atoms with Gasteiger partial charge in [-0.05, 0) is 24.3 Å². The molecule has 2 aromatic heterocycles. The molecule has 3 rings (SSSR count). The van der Waals surface area contributed by atoms with Gasteiger partial charge in [0.05, 0.1) is 5.56 Å². The average Bonchev–Trinajstić information content (AvgIpc) is 2.62. The van der Waals surface area contributed by atoms with Crippen molar-refractivity contribution in [2.75, 3.05) is 5.75 Å². The minimum absolute atomic E-state index is 0.160. The minimum Gasteiger partial charge on any atom is -0.280 e. The van der Waals surface area contributed by atoms with E-state index in [1.54, 1.807) is 18.2 Å². The SMILES string of the molecule is CCCSc1nc(-c2ccccc2F)nc2c1c(=O)n(C)c(=O)n2C. The maximum absolute atomic E-state index is 14.2. The summed E-state index contributed by atoms with van der Waals surface area (Å²) in [7, 11) is 2.96. The van der Waals surface area contributed by atoms with Crippen molar-refractivity contribution in [2.24, 2.45) is 14.1 Å². The Labute approximate surface area is 147 Å². The largest absolute Gasteiger partial charge is 0.332 e. The second kappa shape index (κ2) is 6.79. The van der Waals surface area contributed by atoms with E-state index in [-0.39, 0.29) is 22.4 Å². The Morgan fingerprint density at radius 2 is 1.84 bits per heavy atom. The summed E-state index contributed by atoms with van der Waals surface area (Å²) in [6, 6.07) is 6.17. The smallest absolute Gasteiger partial charge is 0.280 e. The molecule has 0 N–H and O–H groups in total. The Kier molecular flexibility index (Phi) is 4.71. The van der Waals surface area contributed by atoms with E-state index in [1.165, 1.54) is 36.5 Å². The van der Waals surface area contributed by atoms with Gasteiger partial charge in [-0.2, -0.15) is 0 Å². The second-order valence-corrected chi connectivity index (χ2v) is 6.67. The highest BCUT2D eigenvalue weighted by Gasteiger charge is 2.19. The van der Waals surface area contributed by atoms with Crippen LogP contribution in [-0.2, 0) is 14.1 Å². The lowest BCUT2D eigenvalue weighted by Gasteiger charge is -2.12. The number of nitrogens with zero attached hydrogens (tertiary/aromatic N) is 4. The summed E-state index contributed by atoms with van der Waals surface area (Å²) >= 11 is 1.40. The van der Waals surface area contributed by atoms with Gasteiger partial charge in [0.25, 0.3) is 5.56 Å². The molecule has 130 valence electrons. The summed E-state index contributed by atoms with van der Waals surface area (Å²) in [5.74, 6) is 0.448. The number of aryl methyl sites for hydroxylation is 1. The molecular weight excluding hydrogens is 343 g/mol. The van der Waals surface area contributed by atoms with Crippen LogP contribution in [-0.4, -0.2) is 24.9 Å². The number of fused-ring (bicyclic) bond motifs is 1. The number of hydrogen-bond donors (Lipinski definition) is 0. The quantitative estimate of drug-likeness (QED) is 0.528. The molecule has 25 heavy (non-hydrogen) atoms. The van der Waals surface area contributed by atoms with Crippen molar-refractivity contribution in [3.63, 3.8) is 0 Å². The van der Waals surface area contributed by atoms with Crippen LogP contribution in [0.1, 0.15) is 13.3 Å². The molecule has 0 saturated heterocycles. The first-order valence-electron chi connectivity index (χ1n) is 7.81. The molecule has 0 aliphatic rings. The number of hydrogen-bond acceptors (Lipinski definition) is 5. The Hall–Kier alpha value is -2.48. The fourth-order valence-electron chi connectivity index (χ4n) is 2.50. The van der Waals surface area contributed by atoms with E-state index >= 15 is 0 Å². The Bertz CT molecular complexity index is 1070. The van der Waals surface area contributed by atoms with E-state index < -0.39 is 17.1 Å². The lowest BCUT2D eigenvalue weighted by atomic mass is 10.2. The van der Waals surface area contributed by atoms with E-state index in [4.69, 9.17) is 0 Å². The topological polar surface area (TPSA) is 69.8 Å². The number of thioether (sulfide) groups is 1. The summed E-state index contributed by atoms with van der Waals surface area (Å²) in [5, 5.41) is 0.740. The van der Waals surface area contributed by atoms with Crippen molar-refractivity contribution in [1.82, 2.24) is 19.1 Å². The number of halogens is 1. The van der Waals surface area contributed by atoms with Crippen molar-refractivity contribution in [3.8, 4) is 11.4 Å². The van der Waals surface area contributed by atoms with Gasteiger partial charge >= 0.3 is 5.69 Å². The molecular formula is C17H17FN4O2S. The van der Waals surface area contributed by atoms with Crippen LogP contribution in [0.2, 0.25) is 0 Å². The van der Waals surface area contributed by atoms with Gasteiger partial charge in [-0.15, -0.1) is 11.8 Å². The fourth-order valence-corrected chi connectivity index (χ4v) is 3.37. The van der Waals surface area contributed by atoms with Gasteiger partial charge < -0.3 is 0 Å². The highest BCUT2D eigenvalue weighted by atomic mass is 32.2. The third kappa shape index (κ3) is 2.97. The van der Waals surface area contributed by atoms with Gasteiger partial charge in [0.15, 0.2) is 11.5 Å². The highest BCUT2D eigenvalue weighted by Crippen LogP contribution is 2.27. The summed E-state index contributed by atoms with van der Waals surface area (Å²) in [4.78, 5) is 33.6. The van der Waals surface area contributed by atoms with Crippen LogP contribution >= 0.6 is 11.8 Å². The normalized spacial score (nSPS) is 11.2.